The van der Waals surface area contributed by atoms with Crippen LogP contribution in [0.4, 0.5) is 5.13 Å². The lowest BCUT2D eigenvalue weighted by Gasteiger charge is -2.34. The molecule has 0 aliphatic heterocycles. The zero-order valence-corrected chi connectivity index (χ0v) is 16.8. The topological polar surface area (TPSA) is 51.2 Å². The highest BCUT2D eigenvalue weighted by molar-refractivity contribution is 7.15. The smallest absolute Gasteiger partial charge is 0.232 e. The maximum atomic E-state index is 13.2. The molecule has 0 bridgehead atoms. The second-order valence-electron chi connectivity index (χ2n) is 7.04. The Morgan fingerprint density at radius 3 is 2.41 bits per heavy atom. The van der Waals surface area contributed by atoms with Crippen molar-refractivity contribution in [3.63, 3.8) is 0 Å². The fourth-order valence-electron chi connectivity index (χ4n) is 3.34. The van der Waals surface area contributed by atoms with Crippen molar-refractivity contribution in [1.82, 2.24) is 4.98 Å². The first-order chi connectivity index (χ1) is 12.9. The molecule has 1 unspecified atom stereocenters. The minimum atomic E-state index is -0.727. The van der Waals surface area contributed by atoms with Crippen molar-refractivity contribution in [2.75, 3.05) is 12.4 Å². The Morgan fingerprint density at radius 1 is 1.11 bits per heavy atom. The van der Waals surface area contributed by atoms with E-state index in [9.17, 15) is 4.79 Å². The van der Waals surface area contributed by atoms with Crippen molar-refractivity contribution in [1.29, 1.82) is 0 Å². The number of carbonyl (C=O) groups excluding carboxylic acids is 1. The Hall–Kier alpha value is -2.66. The van der Waals surface area contributed by atoms with Gasteiger partial charge in [-0.2, -0.15) is 0 Å². The van der Waals surface area contributed by atoms with Crippen molar-refractivity contribution in [2.24, 2.45) is 5.41 Å². The summed E-state index contributed by atoms with van der Waals surface area (Å²) >= 11 is 1.48. The first-order valence-electron chi connectivity index (χ1n) is 8.85. The molecule has 1 heterocycles. The summed E-state index contributed by atoms with van der Waals surface area (Å²) < 4.78 is 5.60. The predicted octanol–water partition coefficient (Wildman–Crippen LogP) is 5.26. The number of rotatable bonds is 6. The molecule has 3 aromatic rings. The van der Waals surface area contributed by atoms with Crippen LogP contribution in [-0.2, 0) is 4.79 Å². The highest BCUT2D eigenvalue weighted by Gasteiger charge is 2.40. The number of aryl methyl sites for hydroxylation is 1. The summed E-state index contributed by atoms with van der Waals surface area (Å²) in [5.74, 6) is 0.532. The van der Waals surface area contributed by atoms with E-state index in [2.05, 4.69) is 22.4 Å². The Balaban J connectivity index is 2.04. The number of nitrogens with zero attached hydrogens (tertiary/aromatic N) is 1. The maximum Gasteiger partial charge on any atom is 0.232 e. The van der Waals surface area contributed by atoms with Gasteiger partial charge in [0.15, 0.2) is 5.13 Å². The Kier molecular flexibility index (Phi) is 5.61. The van der Waals surface area contributed by atoms with E-state index >= 15 is 0 Å². The molecule has 0 aliphatic carbocycles. The standard InChI is InChI=1S/C22H24N2O2S/c1-15-14-23-21(27-15)24-20(25)22(2,3)19(16-10-6-5-7-11-16)17-12-8-9-13-18(17)26-4/h5-14,19H,1-4H3,(H,23,24,25). The van der Waals surface area contributed by atoms with Gasteiger partial charge in [-0.15, -0.1) is 11.3 Å². The monoisotopic (exact) mass is 380 g/mol. The third-order valence-electron chi connectivity index (χ3n) is 4.73. The number of ether oxygens (including phenoxy) is 1. The van der Waals surface area contributed by atoms with Crippen LogP contribution in [0.5, 0.6) is 5.75 Å². The largest absolute Gasteiger partial charge is 0.496 e. The fourth-order valence-corrected chi connectivity index (χ4v) is 4.00. The molecule has 0 saturated carbocycles. The third-order valence-corrected chi connectivity index (χ3v) is 5.56. The van der Waals surface area contributed by atoms with E-state index in [-0.39, 0.29) is 11.8 Å². The summed E-state index contributed by atoms with van der Waals surface area (Å²) in [5, 5.41) is 3.61. The molecular formula is C22H24N2O2S. The second-order valence-corrected chi connectivity index (χ2v) is 8.27. The van der Waals surface area contributed by atoms with Crippen molar-refractivity contribution in [2.45, 2.75) is 26.7 Å². The highest BCUT2D eigenvalue weighted by atomic mass is 32.1. The van der Waals surface area contributed by atoms with Crippen LogP contribution in [-0.4, -0.2) is 18.0 Å². The van der Waals surface area contributed by atoms with E-state index in [1.54, 1.807) is 13.3 Å². The van der Waals surface area contributed by atoms with E-state index in [4.69, 9.17) is 4.74 Å². The van der Waals surface area contributed by atoms with E-state index < -0.39 is 5.41 Å². The summed E-state index contributed by atoms with van der Waals surface area (Å²) in [6, 6.07) is 18.0. The minimum Gasteiger partial charge on any atom is -0.496 e. The van der Waals surface area contributed by atoms with Crippen LogP contribution >= 0.6 is 11.3 Å². The van der Waals surface area contributed by atoms with Crippen LogP contribution in [0.3, 0.4) is 0 Å². The van der Waals surface area contributed by atoms with E-state index in [1.807, 2.05) is 63.2 Å². The quantitative estimate of drug-likeness (QED) is 0.635. The molecule has 2 aromatic carbocycles. The molecular weight excluding hydrogens is 356 g/mol. The minimum absolute atomic E-state index is 0.0726. The van der Waals surface area contributed by atoms with E-state index in [1.165, 1.54) is 11.3 Å². The summed E-state index contributed by atoms with van der Waals surface area (Å²) in [4.78, 5) is 18.6. The number of para-hydroxylation sites is 1. The number of thiazole rings is 1. The molecule has 0 radical (unpaired) electrons. The second kappa shape index (κ2) is 7.92. The first kappa shape index (κ1) is 19.1. The molecule has 1 N–H and O–H groups in total. The molecule has 1 atom stereocenters. The molecule has 4 nitrogen and oxygen atoms in total. The van der Waals surface area contributed by atoms with Crippen molar-refractivity contribution in [3.8, 4) is 5.75 Å². The van der Waals surface area contributed by atoms with Gasteiger partial charge in [-0.1, -0.05) is 62.4 Å². The van der Waals surface area contributed by atoms with Crippen molar-refractivity contribution in [3.05, 3.63) is 76.8 Å². The lowest BCUT2D eigenvalue weighted by atomic mass is 9.70. The SMILES string of the molecule is COc1ccccc1C(c1ccccc1)C(C)(C)C(=O)Nc1ncc(C)s1. The molecule has 0 spiro atoms. The van der Waals surface area contributed by atoms with Gasteiger partial charge in [0.2, 0.25) is 5.91 Å². The predicted molar refractivity (Wildman–Crippen MR) is 111 cm³/mol. The maximum absolute atomic E-state index is 13.2. The van der Waals surface area contributed by atoms with Crippen LogP contribution in [0, 0.1) is 12.3 Å². The molecule has 140 valence electrons. The van der Waals surface area contributed by atoms with Gasteiger partial charge in [0.1, 0.15) is 5.75 Å². The van der Waals surface area contributed by atoms with Gasteiger partial charge >= 0.3 is 0 Å². The van der Waals surface area contributed by atoms with Gasteiger partial charge in [-0.3, -0.25) is 4.79 Å². The van der Waals surface area contributed by atoms with Crippen molar-refractivity contribution < 1.29 is 9.53 Å². The van der Waals surface area contributed by atoms with Crippen molar-refractivity contribution >= 4 is 22.4 Å². The number of carbonyl (C=O) groups is 1. The van der Waals surface area contributed by atoms with Gasteiger partial charge < -0.3 is 10.1 Å². The number of aromatic nitrogens is 1. The Morgan fingerprint density at radius 2 is 1.78 bits per heavy atom. The molecule has 27 heavy (non-hydrogen) atoms. The van der Waals surface area contributed by atoms with Gasteiger partial charge in [0.25, 0.3) is 0 Å². The first-order valence-corrected chi connectivity index (χ1v) is 9.67. The van der Waals surface area contributed by atoms with Crippen LogP contribution in [0.1, 0.15) is 35.8 Å². The summed E-state index contributed by atoms with van der Waals surface area (Å²) in [6.07, 6.45) is 1.77. The number of methoxy groups -OCH3 is 1. The van der Waals surface area contributed by atoms with E-state index in [0.29, 0.717) is 5.13 Å². The average molecular weight is 381 g/mol. The Bertz CT molecular complexity index is 919. The Labute approximate surface area is 164 Å². The number of benzene rings is 2. The zero-order chi connectivity index (χ0) is 19.4. The zero-order valence-electron chi connectivity index (χ0n) is 16.0. The molecule has 3 rings (SSSR count). The van der Waals surface area contributed by atoms with Crippen LogP contribution < -0.4 is 10.1 Å². The molecule has 0 fully saturated rings. The number of anilines is 1. The summed E-state index contributed by atoms with van der Waals surface area (Å²) in [5.41, 5.74) is 1.33. The number of nitrogens with one attached hydrogen (secondary N) is 1. The molecule has 1 aromatic heterocycles. The van der Waals surface area contributed by atoms with Gasteiger partial charge in [0.05, 0.1) is 12.5 Å². The average Bonchev–Trinajstić information content (AvgIpc) is 3.07. The van der Waals surface area contributed by atoms with Crippen LogP contribution in [0.25, 0.3) is 0 Å². The van der Waals surface area contributed by atoms with Crippen LogP contribution in [0.2, 0.25) is 0 Å². The summed E-state index contributed by atoms with van der Waals surface area (Å²) in [6.45, 7) is 5.90. The molecule has 0 saturated heterocycles. The number of hydrogen-bond acceptors (Lipinski definition) is 4. The van der Waals surface area contributed by atoms with E-state index in [0.717, 1.165) is 21.8 Å². The normalized spacial score (nSPS) is 12.4. The van der Waals surface area contributed by atoms with Gasteiger partial charge in [0, 0.05) is 22.6 Å². The van der Waals surface area contributed by atoms with Crippen LogP contribution in [0.15, 0.2) is 60.8 Å². The molecule has 5 heteroatoms. The number of amides is 1. The summed E-state index contributed by atoms with van der Waals surface area (Å²) in [7, 11) is 1.66. The fraction of sp³-hybridized carbons (Fsp3) is 0.273. The molecule has 1 amide bonds. The van der Waals surface area contributed by atoms with Gasteiger partial charge in [-0.05, 0) is 18.6 Å². The highest BCUT2D eigenvalue weighted by Crippen LogP contribution is 2.45. The number of hydrogen-bond donors (Lipinski definition) is 1. The molecule has 0 aliphatic rings. The lowest BCUT2D eigenvalue weighted by molar-refractivity contribution is -0.124. The lowest BCUT2D eigenvalue weighted by Crippen LogP contribution is -2.37. The van der Waals surface area contributed by atoms with Gasteiger partial charge in [-0.25, -0.2) is 4.98 Å². The third kappa shape index (κ3) is 4.03.